The number of aliphatic imine (C=N–C) groups is 1. The number of guanidine groups is 1. The second-order valence-corrected chi connectivity index (χ2v) is 8.21. The summed E-state index contributed by atoms with van der Waals surface area (Å²) in [5.41, 5.74) is 1.10. The predicted molar refractivity (Wildman–Crippen MR) is 96.2 cm³/mol. The van der Waals surface area contributed by atoms with E-state index in [1.165, 1.54) is 6.26 Å². The second kappa shape index (κ2) is 8.48. The van der Waals surface area contributed by atoms with Gasteiger partial charge in [-0.1, -0.05) is 12.1 Å². The SMILES string of the molecule is CN=C(NCCc1ccc(S(C)(=O)=O)cc1)N1CCC(COC)C1. The summed E-state index contributed by atoms with van der Waals surface area (Å²) >= 11 is 0. The Morgan fingerprint density at radius 3 is 2.67 bits per heavy atom. The van der Waals surface area contributed by atoms with Gasteiger partial charge in [-0.05, 0) is 30.5 Å². The third-order valence-electron chi connectivity index (χ3n) is 4.25. The molecule has 7 heteroatoms. The average Bonchev–Trinajstić information content (AvgIpc) is 3.00. The van der Waals surface area contributed by atoms with Gasteiger partial charge in [-0.2, -0.15) is 0 Å². The number of methoxy groups -OCH3 is 1. The Kier molecular flexibility index (Phi) is 6.62. The Morgan fingerprint density at radius 1 is 1.38 bits per heavy atom. The third-order valence-corrected chi connectivity index (χ3v) is 5.38. The summed E-state index contributed by atoms with van der Waals surface area (Å²) in [5, 5.41) is 3.38. The van der Waals surface area contributed by atoms with E-state index in [-0.39, 0.29) is 0 Å². The molecular weight excluding hydrogens is 326 g/mol. The van der Waals surface area contributed by atoms with Crippen LogP contribution in [0.2, 0.25) is 0 Å². The van der Waals surface area contributed by atoms with Crippen molar-refractivity contribution in [2.24, 2.45) is 10.9 Å². The van der Waals surface area contributed by atoms with Crippen LogP contribution in [0.1, 0.15) is 12.0 Å². The largest absolute Gasteiger partial charge is 0.384 e. The van der Waals surface area contributed by atoms with E-state index >= 15 is 0 Å². The van der Waals surface area contributed by atoms with Crippen LogP contribution >= 0.6 is 0 Å². The van der Waals surface area contributed by atoms with Gasteiger partial charge in [0.1, 0.15) is 0 Å². The summed E-state index contributed by atoms with van der Waals surface area (Å²) in [5.74, 6) is 1.48. The number of benzene rings is 1. The lowest BCUT2D eigenvalue weighted by molar-refractivity contribution is 0.157. The van der Waals surface area contributed by atoms with Crippen molar-refractivity contribution in [1.29, 1.82) is 0 Å². The maximum atomic E-state index is 11.5. The molecule has 0 bridgehead atoms. The van der Waals surface area contributed by atoms with Crippen LogP contribution in [0, 0.1) is 5.92 Å². The lowest BCUT2D eigenvalue weighted by Crippen LogP contribution is -2.41. The number of nitrogens with zero attached hydrogens (tertiary/aromatic N) is 2. The van der Waals surface area contributed by atoms with E-state index in [0.717, 1.165) is 50.6 Å². The highest BCUT2D eigenvalue weighted by molar-refractivity contribution is 7.90. The molecule has 1 aliphatic rings. The van der Waals surface area contributed by atoms with Gasteiger partial charge >= 0.3 is 0 Å². The molecule has 1 saturated heterocycles. The van der Waals surface area contributed by atoms with Crippen molar-refractivity contribution in [3.05, 3.63) is 29.8 Å². The molecule has 0 aliphatic carbocycles. The molecule has 1 fully saturated rings. The molecule has 1 aromatic carbocycles. The number of sulfone groups is 1. The summed E-state index contributed by atoms with van der Waals surface area (Å²) in [6.07, 6.45) is 3.17. The Morgan fingerprint density at radius 2 is 2.08 bits per heavy atom. The van der Waals surface area contributed by atoms with Crippen LogP contribution in [0.15, 0.2) is 34.2 Å². The van der Waals surface area contributed by atoms with Crippen LogP contribution in [-0.2, 0) is 21.0 Å². The minimum atomic E-state index is -3.13. The van der Waals surface area contributed by atoms with Gasteiger partial charge in [0.05, 0.1) is 11.5 Å². The van der Waals surface area contributed by atoms with Crippen molar-refractivity contribution in [3.8, 4) is 0 Å². The Labute approximate surface area is 144 Å². The number of hydrogen-bond donors (Lipinski definition) is 1. The minimum absolute atomic E-state index is 0.358. The maximum Gasteiger partial charge on any atom is 0.193 e. The molecule has 1 heterocycles. The zero-order chi connectivity index (χ0) is 17.6. The van der Waals surface area contributed by atoms with E-state index in [1.54, 1.807) is 26.3 Å². The van der Waals surface area contributed by atoms with Crippen molar-refractivity contribution in [2.75, 3.05) is 46.7 Å². The molecule has 1 atom stereocenters. The first-order chi connectivity index (χ1) is 11.4. The highest BCUT2D eigenvalue weighted by Gasteiger charge is 2.24. The van der Waals surface area contributed by atoms with E-state index < -0.39 is 9.84 Å². The summed E-state index contributed by atoms with van der Waals surface area (Å²) in [6.45, 7) is 3.52. The fourth-order valence-electron chi connectivity index (χ4n) is 2.95. The van der Waals surface area contributed by atoms with Gasteiger partial charge in [0.25, 0.3) is 0 Å². The van der Waals surface area contributed by atoms with Gasteiger partial charge in [0, 0.05) is 46.0 Å². The standard InChI is InChI=1S/C17H27N3O3S/c1-18-17(20-11-9-15(12-20)13-23-2)19-10-8-14-4-6-16(7-5-14)24(3,21)22/h4-7,15H,8-13H2,1-3H3,(H,18,19). The fourth-order valence-corrected chi connectivity index (χ4v) is 3.58. The number of ether oxygens (including phenoxy) is 1. The number of likely N-dealkylation sites (tertiary alicyclic amines) is 1. The molecular formula is C17H27N3O3S. The van der Waals surface area contributed by atoms with Crippen LogP contribution in [0.4, 0.5) is 0 Å². The van der Waals surface area contributed by atoms with Crippen LogP contribution in [0.25, 0.3) is 0 Å². The topological polar surface area (TPSA) is 71.0 Å². The summed E-state index contributed by atoms with van der Waals surface area (Å²) < 4.78 is 28.2. The number of hydrogen-bond acceptors (Lipinski definition) is 4. The first-order valence-electron chi connectivity index (χ1n) is 8.17. The smallest absolute Gasteiger partial charge is 0.193 e. The molecule has 2 rings (SSSR count). The molecule has 0 aromatic heterocycles. The van der Waals surface area contributed by atoms with Gasteiger partial charge in [-0.15, -0.1) is 0 Å². The fraction of sp³-hybridized carbons (Fsp3) is 0.588. The minimum Gasteiger partial charge on any atom is -0.384 e. The molecule has 1 unspecified atom stereocenters. The van der Waals surface area contributed by atoms with Crippen molar-refractivity contribution >= 4 is 15.8 Å². The third kappa shape index (κ3) is 5.21. The summed E-state index contributed by atoms with van der Waals surface area (Å²) in [4.78, 5) is 6.97. The molecule has 1 aliphatic heterocycles. The summed E-state index contributed by atoms with van der Waals surface area (Å²) in [6, 6.07) is 7.06. The molecule has 24 heavy (non-hydrogen) atoms. The first kappa shape index (κ1) is 18.7. The number of rotatable bonds is 6. The quantitative estimate of drug-likeness (QED) is 0.614. The average molecular weight is 353 g/mol. The monoisotopic (exact) mass is 353 g/mol. The van der Waals surface area contributed by atoms with E-state index in [4.69, 9.17) is 4.74 Å². The second-order valence-electron chi connectivity index (χ2n) is 6.20. The van der Waals surface area contributed by atoms with Crippen LogP contribution in [0.3, 0.4) is 0 Å². The lowest BCUT2D eigenvalue weighted by Gasteiger charge is -2.21. The van der Waals surface area contributed by atoms with Crippen LogP contribution in [-0.4, -0.2) is 65.9 Å². The first-order valence-corrected chi connectivity index (χ1v) is 10.1. The Bertz CT molecular complexity index is 656. The summed E-state index contributed by atoms with van der Waals surface area (Å²) in [7, 11) is 0.409. The molecule has 1 aromatic rings. The normalized spacial score (nSPS) is 18.9. The van der Waals surface area contributed by atoms with E-state index in [9.17, 15) is 8.42 Å². The lowest BCUT2D eigenvalue weighted by atomic mass is 10.1. The number of nitrogens with one attached hydrogen (secondary N) is 1. The molecule has 0 saturated carbocycles. The molecule has 134 valence electrons. The highest BCUT2D eigenvalue weighted by atomic mass is 32.2. The van der Waals surface area contributed by atoms with Crippen LogP contribution < -0.4 is 5.32 Å². The van der Waals surface area contributed by atoms with Gasteiger partial charge in [0.2, 0.25) is 0 Å². The molecule has 0 spiro atoms. The maximum absolute atomic E-state index is 11.5. The van der Waals surface area contributed by atoms with Crippen molar-refractivity contribution in [3.63, 3.8) is 0 Å². The van der Waals surface area contributed by atoms with Gasteiger partial charge in [0.15, 0.2) is 15.8 Å². The van der Waals surface area contributed by atoms with E-state index in [2.05, 4.69) is 15.2 Å². The predicted octanol–water partition coefficient (Wildman–Crippen LogP) is 1.18. The Balaban J connectivity index is 1.82. The Hall–Kier alpha value is -1.60. The van der Waals surface area contributed by atoms with Gasteiger partial charge < -0.3 is 15.0 Å². The zero-order valence-electron chi connectivity index (χ0n) is 14.7. The van der Waals surface area contributed by atoms with Crippen molar-refractivity contribution < 1.29 is 13.2 Å². The van der Waals surface area contributed by atoms with Crippen LogP contribution in [0.5, 0.6) is 0 Å². The van der Waals surface area contributed by atoms with Crippen molar-refractivity contribution in [2.45, 2.75) is 17.7 Å². The van der Waals surface area contributed by atoms with E-state index in [1.807, 2.05) is 12.1 Å². The van der Waals surface area contributed by atoms with E-state index in [0.29, 0.717) is 10.8 Å². The molecule has 1 N–H and O–H groups in total. The van der Waals surface area contributed by atoms with Gasteiger partial charge in [-0.25, -0.2) is 8.42 Å². The zero-order valence-corrected chi connectivity index (χ0v) is 15.5. The van der Waals surface area contributed by atoms with Gasteiger partial charge in [-0.3, -0.25) is 4.99 Å². The van der Waals surface area contributed by atoms with Crippen molar-refractivity contribution in [1.82, 2.24) is 10.2 Å². The highest BCUT2D eigenvalue weighted by Crippen LogP contribution is 2.16. The molecule has 6 nitrogen and oxygen atoms in total. The molecule has 0 radical (unpaired) electrons. The molecule has 0 amide bonds.